The van der Waals surface area contributed by atoms with Gasteiger partial charge in [-0.15, -0.1) is 0 Å². The van der Waals surface area contributed by atoms with Crippen LogP contribution in [0.25, 0.3) is 0 Å². The Kier molecular flexibility index (Phi) is 3.15. The molecule has 3 rings (SSSR count). The predicted molar refractivity (Wildman–Crippen MR) is 69.1 cm³/mol. The molecular formula is C12H19N3O3S. The first kappa shape index (κ1) is 13.1. The first-order chi connectivity index (χ1) is 9.06. The summed E-state index contributed by atoms with van der Waals surface area (Å²) in [6.45, 7) is 5.21. The molecule has 0 bridgehead atoms. The summed E-state index contributed by atoms with van der Waals surface area (Å²) in [5, 5.41) is 4.05. The van der Waals surface area contributed by atoms with Gasteiger partial charge in [-0.3, -0.25) is 4.68 Å². The molecule has 2 aliphatic heterocycles. The van der Waals surface area contributed by atoms with Crippen molar-refractivity contribution in [3.05, 3.63) is 12.4 Å². The predicted octanol–water partition coefficient (Wildman–Crippen LogP) is 0.704. The molecule has 0 radical (unpaired) electrons. The lowest BCUT2D eigenvalue weighted by Crippen LogP contribution is -2.32. The van der Waals surface area contributed by atoms with Crippen molar-refractivity contribution in [1.29, 1.82) is 0 Å². The highest BCUT2D eigenvalue weighted by Gasteiger charge is 2.45. The molecule has 0 aromatic carbocycles. The molecule has 2 aliphatic rings. The summed E-state index contributed by atoms with van der Waals surface area (Å²) in [5.74, 6) is 0. The van der Waals surface area contributed by atoms with Crippen molar-refractivity contribution in [3.63, 3.8) is 0 Å². The van der Waals surface area contributed by atoms with Crippen molar-refractivity contribution < 1.29 is 13.2 Å². The Hall–Kier alpha value is -0.920. The number of nitrogens with zero attached hydrogens (tertiary/aromatic N) is 3. The van der Waals surface area contributed by atoms with Crippen molar-refractivity contribution >= 4 is 10.0 Å². The Morgan fingerprint density at radius 1 is 1.47 bits per heavy atom. The van der Waals surface area contributed by atoms with E-state index in [1.165, 1.54) is 6.20 Å². The van der Waals surface area contributed by atoms with E-state index >= 15 is 0 Å². The quantitative estimate of drug-likeness (QED) is 0.820. The van der Waals surface area contributed by atoms with E-state index in [-0.39, 0.29) is 5.41 Å². The highest BCUT2D eigenvalue weighted by Crippen LogP contribution is 2.40. The van der Waals surface area contributed by atoms with Gasteiger partial charge in [0.05, 0.1) is 12.8 Å². The Balaban J connectivity index is 1.81. The monoisotopic (exact) mass is 285 g/mol. The number of hydrogen-bond acceptors (Lipinski definition) is 4. The fourth-order valence-electron chi connectivity index (χ4n) is 2.87. The van der Waals surface area contributed by atoms with Gasteiger partial charge in [0, 0.05) is 37.9 Å². The number of ether oxygens (including phenoxy) is 1. The Labute approximate surface area is 113 Å². The summed E-state index contributed by atoms with van der Waals surface area (Å²) in [4.78, 5) is 0.297. The van der Waals surface area contributed by atoms with Gasteiger partial charge in [0.15, 0.2) is 0 Å². The molecule has 2 fully saturated rings. The van der Waals surface area contributed by atoms with Crippen LogP contribution in [0.15, 0.2) is 17.3 Å². The zero-order valence-electron chi connectivity index (χ0n) is 11.1. The van der Waals surface area contributed by atoms with Gasteiger partial charge in [0.2, 0.25) is 10.0 Å². The summed E-state index contributed by atoms with van der Waals surface area (Å²) in [6, 6.07) is 0. The minimum atomic E-state index is -3.40. The molecule has 7 heteroatoms. The van der Waals surface area contributed by atoms with Gasteiger partial charge >= 0.3 is 0 Å². The molecule has 1 atom stereocenters. The minimum absolute atomic E-state index is 0.0494. The third-order valence-electron chi connectivity index (χ3n) is 4.16. The summed E-state index contributed by atoms with van der Waals surface area (Å²) in [7, 11) is -3.40. The van der Waals surface area contributed by atoms with Crippen molar-refractivity contribution in [1.82, 2.24) is 14.1 Å². The largest absolute Gasteiger partial charge is 0.381 e. The highest BCUT2D eigenvalue weighted by molar-refractivity contribution is 7.89. The molecule has 1 aromatic rings. The normalized spacial score (nSPS) is 28.5. The Bertz CT molecular complexity index is 561. The van der Waals surface area contributed by atoms with Crippen molar-refractivity contribution in [2.45, 2.75) is 31.2 Å². The molecule has 106 valence electrons. The number of aryl methyl sites for hydroxylation is 1. The molecule has 1 spiro atoms. The number of aromatic nitrogens is 2. The van der Waals surface area contributed by atoms with E-state index < -0.39 is 10.0 Å². The second kappa shape index (κ2) is 4.57. The second-order valence-corrected chi connectivity index (χ2v) is 7.36. The molecule has 19 heavy (non-hydrogen) atoms. The van der Waals surface area contributed by atoms with E-state index in [0.29, 0.717) is 31.1 Å². The molecule has 0 amide bonds. The van der Waals surface area contributed by atoms with Gasteiger partial charge < -0.3 is 4.74 Å². The van der Waals surface area contributed by atoms with Crippen LogP contribution in [0.3, 0.4) is 0 Å². The van der Waals surface area contributed by atoms with E-state index in [1.54, 1.807) is 15.2 Å². The Morgan fingerprint density at radius 2 is 2.32 bits per heavy atom. The summed E-state index contributed by atoms with van der Waals surface area (Å²) < 4.78 is 33.7. The third-order valence-corrected chi connectivity index (χ3v) is 5.96. The van der Waals surface area contributed by atoms with Gasteiger partial charge in [0.1, 0.15) is 4.90 Å². The van der Waals surface area contributed by atoms with Gasteiger partial charge in [-0.25, -0.2) is 8.42 Å². The molecule has 1 aromatic heterocycles. The van der Waals surface area contributed by atoms with E-state index in [9.17, 15) is 8.42 Å². The van der Waals surface area contributed by atoms with Crippen molar-refractivity contribution in [2.75, 3.05) is 26.3 Å². The number of sulfonamides is 1. The molecular weight excluding hydrogens is 266 g/mol. The van der Waals surface area contributed by atoms with Gasteiger partial charge in [-0.2, -0.15) is 9.40 Å². The van der Waals surface area contributed by atoms with Crippen LogP contribution < -0.4 is 0 Å². The van der Waals surface area contributed by atoms with E-state index in [4.69, 9.17) is 4.74 Å². The van der Waals surface area contributed by atoms with Crippen LogP contribution in [0, 0.1) is 5.41 Å². The molecule has 0 aliphatic carbocycles. The molecule has 0 unspecified atom stereocenters. The molecule has 3 heterocycles. The number of rotatable bonds is 3. The average Bonchev–Trinajstić information content (AvgIpc) is 3.12. The van der Waals surface area contributed by atoms with Crippen LogP contribution in [0.2, 0.25) is 0 Å². The highest BCUT2D eigenvalue weighted by atomic mass is 32.2. The van der Waals surface area contributed by atoms with Crippen LogP contribution >= 0.6 is 0 Å². The zero-order chi connectivity index (χ0) is 13.5. The molecule has 0 N–H and O–H groups in total. The van der Waals surface area contributed by atoms with E-state index in [1.807, 2.05) is 6.92 Å². The van der Waals surface area contributed by atoms with Crippen LogP contribution in [0.5, 0.6) is 0 Å². The van der Waals surface area contributed by atoms with Gasteiger partial charge in [-0.05, 0) is 19.8 Å². The average molecular weight is 285 g/mol. The van der Waals surface area contributed by atoms with Crippen LogP contribution in [-0.4, -0.2) is 48.8 Å². The van der Waals surface area contributed by atoms with Crippen molar-refractivity contribution in [3.8, 4) is 0 Å². The lowest BCUT2D eigenvalue weighted by molar-refractivity contribution is 0.157. The fourth-order valence-corrected chi connectivity index (χ4v) is 4.38. The smallest absolute Gasteiger partial charge is 0.246 e. The maximum atomic E-state index is 12.5. The summed E-state index contributed by atoms with van der Waals surface area (Å²) in [5.41, 5.74) is 0.0494. The number of hydrogen-bond donors (Lipinski definition) is 0. The second-order valence-electron chi connectivity index (χ2n) is 5.42. The van der Waals surface area contributed by atoms with Crippen molar-refractivity contribution in [2.24, 2.45) is 5.41 Å². The maximum absolute atomic E-state index is 12.5. The fraction of sp³-hybridized carbons (Fsp3) is 0.750. The van der Waals surface area contributed by atoms with E-state index in [2.05, 4.69) is 5.10 Å². The maximum Gasteiger partial charge on any atom is 0.246 e. The lowest BCUT2D eigenvalue weighted by atomic mass is 9.87. The summed E-state index contributed by atoms with van der Waals surface area (Å²) in [6.07, 6.45) is 4.90. The van der Waals surface area contributed by atoms with Gasteiger partial charge in [-0.1, -0.05) is 0 Å². The van der Waals surface area contributed by atoms with Crippen LogP contribution in [-0.2, 0) is 21.3 Å². The van der Waals surface area contributed by atoms with E-state index in [0.717, 1.165) is 19.4 Å². The molecule has 2 saturated heterocycles. The lowest BCUT2D eigenvalue weighted by Gasteiger charge is -2.21. The first-order valence-corrected chi connectivity index (χ1v) is 8.10. The minimum Gasteiger partial charge on any atom is -0.381 e. The molecule has 0 saturated carbocycles. The topological polar surface area (TPSA) is 64.4 Å². The van der Waals surface area contributed by atoms with Gasteiger partial charge in [0.25, 0.3) is 0 Å². The van der Waals surface area contributed by atoms with Crippen LogP contribution in [0.1, 0.15) is 19.8 Å². The molecule has 6 nitrogen and oxygen atoms in total. The first-order valence-electron chi connectivity index (χ1n) is 6.66. The summed E-state index contributed by atoms with van der Waals surface area (Å²) >= 11 is 0. The SMILES string of the molecule is CCn1cc(S(=O)(=O)N2CC[C@]3(CCOC3)C2)cn1. The standard InChI is InChI=1S/C12H19N3O3S/c1-2-14-8-11(7-13-14)19(16,17)15-5-3-12(9-15)4-6-18-10-12/h7-8H,2-6,9-10H2,1H3/t12-/m0/s1. The van der Waals surface area contributed by atoms with Crippen LogP contribution in [0.4, 0.5) is 0 Å². The zero-order valence-corrected chi connectivity index (χ0v) is 11.9. The third kappa shape index (κ3) is 2.19. The Morgan fingerprint density at radius 3 is 2.95 bits per heavy atom.